The Balaban J connectivity index is 1.40. The summed E-state index contributed by atoms with van der Waals surface area (Å²) in [5.74, 6) is 0.486. The third-order valence-corrected chi connectivity index (χ3v) is 7.77. The van der Waals surface area contributed by atoms with E-state index >= 15 is 0 Å². The minimum absolute atomic E-state index is 0.376. The number of aromatic amines is 1. The number of carbonyl (C=O) groups is 1. The van der Waals surface area contributed by atoms with E-state index in [1.54, 1.807) is 11.3 Å². The van der Waals surface area contributed by atoms with Gasteiger partial charge in [-0.1, -0.05) is 30.3 Å². The topological polar surface area (TPSA) is 127 Å². The van der Waals surface area contributed by atoms with Crippen LogP contribution in [0, 0.1) is 6.92 Å². The highest BCUT2D eigenvalue weighted by atomic mass is 32.1. The third-order valence-electron chi connectivity index (χ3n) is 6.75. The van der Waals surface area contributed by atoms with E-state index in [4.69, 9.17) is 17.2 Å². The molecule has 0 aliphatic heterocycles. The first-order chi connectivity index (χ1) is 18.4. The Morgan fingerprint density at radius 2 is 1.76 bits per heavy atom. The number of nitrogens with one attached hydrogen (secondary N) is 1. The molecule has 6 aromatic rings. The monoisotopic (exact) mass is 518 g/mol. The quantitative estimate of drug-likeness (QED) is 0.203. The number of nitrogens with two attached hydrogens (primary N) is 3. The molecule has 188 valence electrons. The maximum absolute atomic E-state index is 12.4. The Labute approximate surface area is 223 Å². The van der Waals surface area contributed by atoms with E-state index < -0.39 is 6.03 Å². The van der Waals surface area contributed by atoms with Crippen molar-refractivity contribution in [3.63, 3.8) is 0 Å². The smallest absolute Gasteiger partial charge is 0.323 e. The molecular formula is C30H26N6OS. The number of benzene rings is 3. The summed E-state index contributed by atoms with van der Waals surface area (Å²) in [6.07, 6.45) is 1.85. The van der Waals surface area contributed by atoms with Gasteiger partial charge in [0.2, 0.25) is 0 Å². The maximum atomic E-state index is 12.4. The van der Waals surface area contributed by atoms with Crippen LogP contribution in [0.1, 0.15) is 11.3 Å². The Morgan fingerprint density at radius 3 is 2.53 bits per heavy atom. The van der Waals surface area contributed by atoms with Crippen molar-refractivity contribution in [3.8, 4) is 22.3 Å². The predicted molar refractivity (Wildman–Crippen MR) is 158 cm³/mol. The number of aryl methyl sites for hydroxylation is 1. The number of H-pyrrole nitrogens is 1. The number of amides is 2. The van der Waals surface area contributed by atoms with Gasteiger partial charge in [0.25, 0.3) is 0 Å². The minimum Gasteiger partial charge on any atom is -0.383 e. The third kappa shape index (κ3) is 4.06. The van der Waals surface area contributed by atoms with E-state index in [2.05, 4.69) is 46.5 Å². The summed E-state index contributed by atoms with van der Waals surface area (Å²) in [6.45, 7) is 2.43. The van der Waals surface area contributed by atoms with Crippen molar-refractivity contribution in [1.29, 1.82) is 0 Å². The second kappa shape index (κ2) is 9.33. The van der Waals surface area contributed by atoms with Crippen LogP contribution in [-0.2, 0) is 6.54 Å². The number of urea groups is 1. The molecule has 2 amide bonds. The molecule has 0 unspecified atom stereocenters. The number of aromatic nitrogens is 2. The highest BCUT2D eigenvalue weighted by Crippen LogP contribution is 2.42. The zero-order valence-electron chi connectivity index (χ0n) is 20.7. The first-order valence-electron chi connectivity index (χ1n) is 12.2. The summed E-state index contributed by atoms with van der Waals surface area (Å²) in [5.41, 5.74) is 26.5. The van der Waals surface area contributed by atoms with Crippen molar-refractivity contribution in [2.75, 3.05) is 10.6 Å². The van der Waals surface area contributed by atoms with Crippen LogP contribution < -0.4 is 22.1 Å². The molecule has 0 aliphatic carbocycles. The molecule has 3 aromatic carbocycles. The maximum Gasteiger partial charge on any atom is 0.323 e. The lowest BCUT2D eigenvalue weighted by molar-refractivity contribution is 0.256. The van der Waals surface area contributed by atoms with Gasteiger partial charge in [-0.05, 0) is 71.5 Å². The van der Waals surface area contributed by atoms with Crippen molar-refractivity contribution in [3.05, 3.63) is 95.6 Å². The summed E-state index contributed by atoms with van der Waals surface area (Å²) in [7, 11) is 0. The molecule has 0 bridgehead atoms. The fourth-order valence-electron chi connectivity index (χ4n) is 4.95. The molecule has 3 aromatic heterocycles. The van der Waals surface area contributed by atoms with E-state index in [0.29, 0.717) is 23.7 Å². The van der Waals surface area contributed by atoms with E-state index in [1.165, 1.54) is 4.90 Å². The first-order valence-corrected chi connectivity index (χ1v) is 13.1. The number of hydrogen-bond acceptors (Lipinski definition) is 5. The second-order valence-electron chi connectivity index (χ2n) is 9.26. The van der Waals surface area contributed by atoms with Gasteiger partial charge in [0.05, 0.1) is 11.4 Å². The van der Waals surface area contributed by atoms with Crippen molar-refractivity contribution >= 4 is 55.5 Å². The largest absolute Gasteiger partial charge is 0.383 e. The number of rotatable bonds is 5. The Bertz CT molecular complexity index is 1820. The molecule has 38 heavy (non-hydrogen) atoms. The molecule has 3 heterocycles. The number of hydrogen-bond donors (Lipinski definition) is 4. The van der Waals surface area contributed by atoms with Crippen LogP contribution in [0.3, 0.4) is 0 Å². The van der Waals surface area contributed by atoms with Gasteiger partial charge in [-0.15, -0.1) is 11.3 Å². The molecule has 0 atom stereocenters. The van der Waals surface area contributed by atoms with Crippen molar-refractivity contribution < 1.29 is 4.79 Å². The van der Waals surface area contributed by atoms with E-state index in [1.807, 2.05) is 54.7 Å². The minimum atomic E-state index is -0.569. The molecule has 8 heteroatoms. The number of thiophene rings is 1. The fourth-order valence-corrected chi connectivity index (χ4v) is 6.07. The van der Waals surface area contributed by atoms with Gasteiger partial charge in [0.1, 0.15) is 5.82 Å². The van der Waals surface area contributed by atoms with Crippen molar-refractivity contribution in [2.45, 2.75) is 13.5 Å². The first kappa shape index (κ1) is 23.7. The molecule has 0 aliphatic rings. The number of nitrogen functional groups attached to an aromatic ring is 1. The van der Waals surface area contributed by atoms with Crippen molar-refractivity contribution in [2.24, 2.45) is 11.5 Å². The van der Waals surface area contributed by atoms with Crippen LogP contribution >= 0.6 is 11.3 Å². The van der Waals surface area contributed by atoms with Gasteiger partial charge in [0, 0.05) is 50.6 Å². The summed E-state index contributed by atoms with van der Waals surface area (Å²) < 4.78 is 1.08. The SMILES string of the molecule is Cc1cc2cc(-c3cnc(N)c4c(-c5ccc(N(C(N)=O)c6cccc(CN)c6)cc5)csc34)ccc2[nH]1. The normalized spacial score (nSPS) is 11.3. The van der Waals surface area contributed by atoms with Gasteiger partial charge >= 0.3 is 6.03 Å². The summed E-state index contributed by atoms with van der Waals surface area (Å²) in [6, 6.07) is 23.2. The lowest BCUT2D eigenvalue weighted by Gasteiger charge is -2.21. The van der Waals surface area contributed by atoms with Crippen LogP contribution in [0.4, 0.5) is 22.0 Å². The summed E-state index contributed by atoms with van der Waals surface area (Å²) >= 11 is 1.65. The zero-order chi connectivity index (χ0) is 26.4. The molecule has 6 rings (SSSR count). The molecule has 0 saturated heterocycles. The number of fused-ring (bicyclic) bond motifs is 2. The van der Waals surface area contributed by atoms with E-state index in [-0.39, 0.29) is 0 Å². The Morgan fingerprint density at radius 1 is 0.974 bits per heavy atom. The fraction of sp³-hybridized carbons (Fsp3) is 0.0667. The average molecular weight is 519 g/mol. The molecular weight excluding hydrogens is 492 g/mol. The van der Waals surface area contributed by atoms with E-state index in [9.17, 15) is 4.79 Å². The van der Waals surface area contributed by atoms with Gasteiger partial charge in [0.15, 0.2) is 0 Å². The van der Waals surface area contributed by atoms with Crippen molar-refractivity contribution in [1.82, 2.24) is 9.97 Å². The van der Waals surface area contributed by atoms with Crippen LogP contribution in [0.25, 0.3) is 43.2 Å². The molecule has 0 radical (unpaired) electrons. The van der Waals surface area contributed by atoms with Crippen LogP contribution in [0.2, 0.25) is 0 Å². The second-order valence-corrected chi connectivity index (χ2v) is 10.1. The zero-order valence-corrected chi connectivity index (χ0v) is 21.5. The molecule has 7 N–H and O–H groups in total. The van der Waals surface area contributed by atoms with Gasteiger partial charge in [-0.2, -0.15) is 0 Å². The molecule has 0 saturated carbocycles. The number of carbonyl (C=O) groups excluding carboxylic acids is 1. The molecule has 0 spiro atoms. The van der Waals surface area contributed by atoms with Crippen LogP contribution in [-0.4, -0.2) is 16.0 Å². The number of nitrogens with zero attached hydrogens (tertiary/aromatic N) is 2. The Kier molecular flexibility index (Phi) is 5.83. The summed E-state index contributed by atoms with van der Waals surface area (Å²) in [5, 5.41) is 4.19. The Hall–Kier alpha value is -4.66. The summed E-state index contributed by atoms with van der Waals surface area (Å²) in [4.78, 5) is 21.8. The van der Waals surface area contributed by atoms with Crippen LogP contribution in [0.15, 0.2) is 84.4 Å². The highest BCUT2D eigenvalue weighted by Gasteiger charge is 2.18. The number of primary amides is 1. The van der Waals surface area contributed by atoms with Gasteiger partial charge < -0.3 is 22.2 Å². The van der Waals surface area contributed by atoms with E-state index in [0.717, 1.165) is 54.5 Å². The highest BCUT2D eigenvalue weighted by molar-refractivity contribution is 7.18. The van der Waals surface area contributed by atoms with Crippen LogP contribution in [0.5, 0.6) is 0 Å². The number of anilines is 3. The number of pyridine rings is 1. The molecule has 0 fully saturated rings. The lowest BCUT2D eigenvalue weighted by Crippen LogP contribution is -2.31. The average Bonchev–Trinajstić information content (AvgIpc) is 3.53. The van der Waals surface area contributed by atoms with Gasteiger partial charge in [-0.3, -0.25) is 4.90 Å². The standard InChI is InChI=1S/C30H26N6OS/c1-17-11-21-13-20(7-10-26(21)35-17)24-15-34-29(32)27-25(16-38-28(24)27)19-5-8-22(9-6-19)36(30(33)37)23-4-2-3-18(12-23)14-31/h2-13,15-16,35H,14,31H2,1H3,(H2,32,34)(H2,33,37). The predicted octanol–water partition coefficient (Wildman–Crippen LogP) is 6.68. The van der Waals surface area contributed by atoms with Gasteiger partial charge in [-0.25, -0.2) is 9.78 Å². The lowest BCUT2D eigenvalue weighted by atomic mass is 10.0. The molecule has 7 nitrogen and oxygen atoms in total.